The summed E-state index contributed by atoms with van der Waals surface area (Å²) in [5, 5.41) is 10.7. The van der Waals surface area contributed by atoms with E-state index in [1.165, 1.54) is 0 Å². The third kappa shape index (κ3) is 6.01. The molecule has 1 heterocycles. The van der Waals surface area contributed by atoms with Crippen LogP contribution in [-0.4, -0.2) is 66.5 Å². The van der Waals surface area contributed by atoms with Gasteiger partial charge in [-0.05, 0) is 32.9 Å². The molecule has 0 aromatic rings. The van der Waals surface area contributed by atoms with Crippen LogP contribution in [-0.2, 0) is 9.59 Å². The number of nitrogens with zero attached hydrogens (tertiary/aromatic N) is 2. The van der Waals surface area contributed by atoms with Crippen molar-refractivity contribution in [3.8, 4) is 0 Å². The third-order valence-corrected chi connectivity index (χ3v) is 3.34. The number of hydrogen-bond acceptors (Lipinski definition) is 4. The Morgan fingerprint density at radius 2 is 1.80 bits per heavy atom. The molecule has 1 aliphatic heterocycles. The molecule has 3 amide bonds. The summed E-state index contributed by atoms with van der Waals surface area (Å²) in [4.78, 5) is 37.3. The molecular weight excluding hydrogens is 262 g/mol. The molecule has 7 heteroatoms. The fourth-order valence-corrected chi connectivity index (χ4v) is 2.32. The number of carboxylic acids is 1. The lowest BCUT2D eigenvalue weighted by Crippen LogP contribution is -2.47. The first-order valence-electron chi connectivity index (χ1n) is 6.83. The van der Waals surface area contributed by atoms with Crippen molar-refractivity contribution >= 4 is 17.9 Å². The Hall–Kier alpha value is -1.63. The second-order valence-corrected chi connectivity index (χ2v) is 5.44. The monoisotopic (exact) mass is 285 g/mol. The highest BCUT2D eigenvalue weighted by molar-refractivity contribution is 5.95. The predicted octanol–water partition coefficient (Wildman–Crippen LogP) is 0.361. The summed E-state index contributed by atoms with van der Waals surface area (Å²) < 4.78 is 0. The number of carbonyl (C=O) groups excluding carboxylic acids is 2. The van der Waals surface area contributed by atoms with Crippen molar-refractivity contribution in [1.82, 2.24) is 15.1 Å². The number of likely N-dealkylation sites (tertiary alicyclic amines) is 1. The van der Waals surface area contributed by atoms with Crippen LogP contribution in [0.1, 0.15) is 25.7 Å². The molecule has 0 unspecified atom stereocenters. The zero-order valence-corrected chi connectivity index (χ0v) is 12.1. The van der Waals surface area contributed by atoms with E-state index >= 15 is 0 Å². The van der Waals surface area contributed by atoms with Crippen LogP contribution >= 0.6 is 0 Å². The molecule has 2 N–H and O–H groups in total. The number of amides is 3. The number of hydrogen-bond donors (Lipinski definition) is 2. The molecule has 0 aromatic heterocycles. The van der Waals surface area contributed by atoms with Gasteiger partial charge in [-0.2, -0.15) is 0 Å². The minimum Gasteiger partial charge on any atom is -0.481 e. The Bertz CT molecular complexity index is 363. The molecule has 1 saturated heterocycles. The molecule has 20 heavy (non-hydrogen) atoms. The normalized spacial score (nSPS) is 16.2. The summed E-state index contributed by atoms with van der Waals surface area (Å²) in [5.74, 6) is -0.998. The standard InChI is InChI=1S/C13H23N3O4/c1-15(2)9-10-5-7-16(8-6-10)13(20)14-11(17)3-4-12(18)19/h10H,3-9H2,1-2H3,(H,18,19)(H,14,17,20). The summed E-state index contributed by atoms with van der Waals surface area (Å²) in [6.45, 7) is 2.28. The maximum absolute atomic E-state index is 11.8. The summed E-state index contributed by atoms with van der Waals surface area (Å²) in [6, 6.07) is -0.413. The molecule has 114 valence electrons. The number of nitrogens with one attached hydrogen (secondary N) is 1. The molecule has 0 aliphatic carbocycles. The van der Waals surface area contributed by atoms with Crippen LogP contribution in [0, 0.1) is 5.92 Å². The van der Waals surface area contributed by atoms with E-state index in [2.05, 4.69) is 10.2 Å². The molecule has 7 nitrogen and oxygen atoms in total. The van der Waals surface area contributed by atoms with E-state index in [0.29, 0.717) is 19.0 Å². The average molecular weight is 285 g/mol. The summed E-state index contributed by atoms with van der Waals surface area (Å²) in [5.41, 5.74) is 0. The van der Waals surface area contributed by atoms with Crippen molar-refractivity contribution in [2.24, 2.45) is 5.92 Å². The number of carbonyl (C=O) groups is 3. The highest BCUT2D eigenvalue weighted by atomic mass is 16.4. The van der Waals surface area contributed by atoms with Gasteiger partial charge in [-0.1, -0.05) is 0 Å². The smallest absolute Gasteiger partial charge is 0.324 e. The van der Waals surface area contributed by atoms with Gasteiger partial charge in [0.1, 0.15) is 0 Å². The number of rotatable bonds is 5. The largest absolute Gasteiger partial charge is 0.481 e. The summed E-state index contributed by atoms with van der Waals surface area (Å²) in [6.07, 6.45) is 1.42. The maximum Gasteiger partial charge on any atom is 0.324 e. The molecule has 0 spiro atoms. The first-order valence-corrected chi connectivity index (χ1v) is 6.83. The molecule has 0 aromatic carbocycles. The van der Waals surface area contributed by atoms with E-state index in [1.807, 2.05) is 14.1 Å². The second-order valence-electron chi connectivity index (χ2n) is 5.44. The Morgan fingerprint density at radius 3 is 2.30 bits per heavy atom. The van der Waals surface area contributed by atoms with Crippen molar-refractivity contribution in [2.75, 3.05) is 33.7 Å². The number of imide groups is 1. The van der Waals surface area contributed by atoms with Gasteiger partial charge in [-0.3, -0.25) is 14.9 Å². The molecular formula is C13H23N3O4. The highest BCUT2D eigenvalue weighted by Gasteiger charge is 2.24. The van der Waals surface area contributed by atoms with Crippen molar-refractivity contribution in [2.45, 2.75) is 25.7 Å². The first kappa shape index (κ1) is 16.4. The summed E-state index contributed by atoms with van der Waals surface area (Å²) >= 11 is 0. The molecule has 1 rings (SSSR count). The average Bonchev–Trinajstić information content (AvgIpc) is 2.36. The van der Waals surface area contributed by atoms with Crippen molar-refractivity contribution in [3.05, 3.63) is 0 Å². The third-order valence-electron chi connectivity index (χ3n) is 3.34. The van der Waals surface area contributed by atoms with E-state index < -0.39 is 17.9 Å². The minimum atomic E-state index is -1.04. The van der Waals surface area contributed by atoms with E-state index in [9.17, 15) is 14.4 Å². The molecule has 0 bridgehead atoms. The number of piperidine rings is 1. The zero-order chi connectivity index (χ0) is 15.1. The van der Waals surface area contributed by atoms with Gasteiger partial charge in [0.2, 0.25) is 5.91 Å². The van der Waals surface area contributed by atoms with Crippen LogP contribution in [0.2, 0.25) is 0 Å². The highest BCUT2D eigenvalue weighted by Crippen LogP contribution is 2.17. The van der Waals surface area contributed by atoms with Gasteiger partial charge < -0.3 is 14.9 Å². The van der Waals surface area contributed by atoms with Gasteiger partial charge in [0, 0.05) is 26.1 Å². The Morgan fingerprint density at radius 1 is 1.20 bits per heavy atom. The molecule has 0 saturated carbocycles. The Kier molecular flexibility index (Phi) is 6.44. The second kappa shape index (κ2) is 7.84. The Balaban J connectivity index is 2.28. The van der Waals surface area contributed by atoms with E-state index in [1.54, 1.807) is 4.90 Å². The molecule has 1 fully saturated rings. The van der Waals surface area contributed by atoms with Gasteiger partial charge in [-0.25, -0.2) is 4.79 Å². The number of carboxylic acid groups (broad SMARTS) is 1. The lowest BCUT2D eigenvalue weighted by atomic mass is 9.97. The summed E-state index contributed by atoms with van der Waals surface area (Å²) in [7, 11) is 4.06. The van der Waals surface area contributed by atoms with Crippen LogP contribution in [0.3, 0.4) is 0 Å². The SMILES string of the molecule is CN(C)CC1CCN(C(=O)NC(=O)CCC(=O)O)CC1. The van der Waals surface area contributed by atoms with Gasteiger partial charge in [0.05, 0.1) is 6.42 Å². The topological polar surface area (TPSA) is 90.0 Å². The molecule has 0 atom stereocenters. The number of urea groups is 1. The molecule has 0 radical (unpaired) electrons. The number of aliphatic carboxylic acids is 1. The van der Waals surface area contributed by atoms with Gasteiger partial charge in [0.25, 0.3) is 0 Å². The van der Waals surface area contributed by atoms with E-state index in [4.69, 9.17) is 5.11 Å². The van der Waals surface area contributed by atoms with Crippen LogP contribution in [0.15, 0.2) is 0 Å². The fourth-order valence-electron chi connectivity index (χ4n) is 2.32. The van der Waals surface area contributed by atoms with E-state index in [0.717, 1.165) is 19.4 Å². The van der Waals surface area contributed by atoms with Crippen LogP contribution in [0.25, 0.3) is 0 Å². The quantitative estimate of drug-likeness (QED) is 0.761. The lowest BCUT2D eigenvalue weighted by Gasteiger charge is -2.33. The van der Waals surface area contributed by atoms with Gasteiger partial charge in [0.15, 0.2) is 0 Å². The molecule has 1 aliphatic rings. The predicted molar refractivity (Wildman–Crippen MR) is 73.3 cm³/mol. The van der Waals surface area contributed by atoms with Crippen LogP contribution < -0.4 is 5.32 Å². The van der Waals surface area contributed by atoms with Crippen molar-refractivity contribution in [3.63, 3.8) is 0 Å². The first-order chi connectivity index (χ1) is 9.38. The van der Waals surface area contributed by atoms with Crippen LogP contribution in [0.4, 0.5) is 4.79 Å². The van der Waals surface area contributed by atoms with Crippen molar-refractivity contribution < 1.29 is 19.5 Å². The van der Waals surface area contributed by atoms with Crippen molar-refractivity contribution in [1.29, 1.82) is 0 Å². The maximum atomic E-state index is 11.8. The Labute approximate surface area is 118 Å². The minimum absolute atomic E-state index is 0.168. The fraction of sp³-hybridized carbons (Fsp3) is 0.769. The lowest BCUT2D eigenvalue weighted by molar-refractivity contribution is -0.138. The van der Waals surface area contributed by atoms with E-state index in [-0.39, 0.29) is 12.8 Å². The zero-order valence-electron chi connectivity index (χ0n) is 12.1. The van der Waals surface area contributed by atoms with Gasteiger partial charge in [-0.15, -0.1) is 0 Å². The van der Waals surface area contributed by atoms with Gasteiger partial charge >= 0.3 is 12.0 Å². The van der Waals surface area contributed by atoms with Crippen LogP contribution in [0.5, 0.6) is 0 Å².